The summed E-state index contributed by atoms with van der Waals surface area (Å²) < 4.78 is 5.22. The minimum absolute atomic E-state index is 0.00808. The first-order valence-electron chi connectivity index (χ1n) is 7.75. The topological polar surface area (TPSA) is 46.3 Å². The summed E-state index contributed by atoms with van der Waals surface area (Å²) in [5.74, 6) is 1.02. The van der Waals surface area contributed by atoms with Crippen LogP contribution in [-0.2, 0) is 16.8 Å². The third-order valence-electron chi connectivity index (χ3n) is 4.78. The molecular weight excluding hydrogens is 276 g/mol. The Hall–Kier alpha value is -2.10. The van der Waals surface area contributed by atoms with Gasteiger partial charge in [-0.2, -0.15) is 0 Å². The van der Waals surface area contributed by atoms with Gasteiger partial charge in [0.15, 0.2) is 0 Å². The Morgan fingerprint density at radius 1 is 1.27 bits per heavy atom. The Balaban J connectivity index is 1.84. The second-order valence-corrected chi connectivity index (χ2v) is 6.48. The Labute approximate surface area is 131 Å². The van der Waals surface area contributed by atoms with E-state index >= 15 is 0 Å². The first kappa shape index (κ1) is 14.8. The van der Waals surface area contributed by atoms with E-state index < -0.39 is 0 Å². The third kappa shape index (κ3) is 2.65. The lowest BCUT2D eigenvalue weighted by atomic mass is 9.75. The second-order valence-electron chi connectivity index (χ2n) is 6.48. The van der Waals surface area contributed by atoms with Gasteiger partial charge in [-0.25, -0.2) is 0 Å². The highest BCUT2D eigenvalue weighted by molar-refractivity contribution is 5.77. The van der Waals surface area contributed by atoms with Crippen LogP contribution < -0.4 is 0 Å². The maximum absolute atomic E-state index is 12.3. The monoisotopic (exact) mass is 298 g/mol. The van der Waals surface area contributed by atoms with E-state index in [0.717, 1.165) is 30.0 Å². The zero-order valence-corrected chi connectivity index (χ0v) is 13.4. The summed E-state index contributed by atoms with van der Waals surface area (Å²) in [5.41, 5.74) is 3.21. The molecule has 1 fully saturated rings. The highest BCUT2D eigenvalue weighted by Crippen LogP contribution is 2.35. The largest absolute Gasteiger partial charge is 0.361 e. The van der Waals surface area contributed by atoms with E-state index in [2.05, 4.69) is 36.3 Å². The Kier molecular flexibility index (Phi) is 3.77. The van der Waals surface area contributed by atoms with Crippen molar-refractivity contribution in [1.29, 1.82) is 0 Å². The first-order valence-corrected chi connectivity index (χ1v) is 7.75. The molecule has 4 heteroatoms. The number of nitrogens with zero attached hydrogens (tertiary/aromatic N) is 2. The van der Waals surface area contributed by atoms with Crippen molar-refractivity contribution in [2.75, 3.05) is 6.54 Å². The second kappa shape index (κ2) is 5.59. The number of aryl methyl sites for hydroxylation is 2. The average molecular weight is 298 g/mol. The minimum atomic E-state index is 0.00808. The van der Waals surface area contributed by atoms with E-state index in [0.29, 0.717) is 13.0 Å². The molecule has 0 radical (unpaired) electrons. The molecule has 4 nitrogen and oxygen atoms in total. The predicted octanol–water partition coefficient (Wildman–Crippen LogP) is 3.37. The van der Waals surface area contributed by atoms with Gasteiger partial charge in [0.05, 0.1) is 12.2 Å². The van der Waals surface area contributed by atoms with Gasteiger partial charge in [-0.3, -0.25) is 4.79 Å². The Bertz CT molecular complexity index is 658. The number of aromatic nitrogens is 1. The molecule has 0 spiro atoms. The zero-order chi connectivity index (χ0) is 15.7. The fraction of sp³-hybridized carbons (Fsp3) is 0.444. The number of piperidine rings is 1. The normalized spacial score (nSPS) is 22.1. The van der Waals surface area contributed by atoms with E-state index in [1.54, 1.807) is 0 Å². The highest BCUT2D eigenvalue weighted by Gasteiger charge is 2.36. The van der Waals surface area contributed by atoms with Crippen molar-refractivity contribution in [2.24, 2.45) is 0 Å². The van der Waals surface area contributed by atoms with Crippen molar-refractivity contribution in [3.63, 3.8) is 0 Å². The predicted molar refractivity (Wildman–Crippen MR) is 84.4 cm³/mol. The van der Waals surface area contributed by atoms with Crippen molar-refractivity contribution in [3.05, 3.63) is 52.9 Å². The smallest absolute Gasteiger partial charge is 0.222 e. The summed E-state index contributed by atoms with van der Waals surface area (Å²) in [4.78, 5) is 14.3. The SMILES string of the molecule is Cc1noc(C)c1CN1C[C@@](C)(c2ccccc2)CCC1=O. The molecular formula is C18H22N2O2. The lowest BCUT2D eigenvalue weighted by Gasteiger charge is -2.40. The fourth-order valence-corrected chi connectivity index (χ4v) is 3.27. The molecule has 0 N–H and O–H groups in total. The quantitative estimate of drug-likeness (QED) is 0.872. The lowest BCUT2D eigenvalue weighted by Crippen LogP contribution is -2.47. The number of rotatable bonds is 3. The van der Waals surface area contributed by atoms with Crippen LogP contribution in [0.2, 0.25) is 0 Å². The molecule has 1 aliphatic heterocycles. The molecule has 1 saturated heterocycles. The molecule has 3 rings (SSSR count). The van der Waals surface area contributed by atoms with Crippen LogP contribution in [0.3, 0.4) is 0 Å². The van der Waals surface area contributed by atoms with Gasteiger partial charge in [0.1, 0.15) is 5.76 Å². The van der Waals surface area contributed by atoms with E-state index in [4.69, 9.17) is 4.52 Å². The molecule has 0 aliphatic carbocycles. The number of carbonyl (C=O) groups excluding carboxylic acids is 1. The lowest BCUT2D eigenvalue weighted by molar-refractivity contribution is -0.136. The maximum atomic E-state index is 12.3. The van der Waals surface area contributed by atoms with E-state index in [1.807, 2.05) is 24.8 Å². The fourth-order valence-electron chi connectivity index (χ4n) is 3.27. The molecule has 1 aromatic heterocycles. The zero-order valence-electron chi connectivity index (χ0n) is 13.4. The molecule has 0 bridgehead atoms. The van der Waals surface area contributed by atoms with Crippen molar-refractivity contribution in [3.8, 4) is 0 Å². The molecule has 0 saturated carbocycles. The van der Waals surface area contributed by atoms with Gasteiger partial charge >= 0.3 is 0 Å². The third-order valence-corrected chi connectivity index (χ3v) is 4.78. The van der Waals surface area contributed by atoms with E-state index in [1.165, 1.54) is 5.56 Å². The summed E-state index contributed by atoms with van der Waals surface area (Å²) >= 11 is 0. The van der Waals surface area contributed by atoms with Crippen LogP contribution in [0.4, 0.5) is 0 Å². The van der Waals surface area contributed by atoms with Gasteiger partial charge in [0, 0.05) is 23.9 Å². The molecule has 1 aromatic carbocycles. The summed E-state index contributed by atoms with van der Waals surface area (Å²) in [6.45, 7) is 7.40. The van der Waals surface area contributed by atoms with Crippen LogP contribution in [0.5, 0.6) is 0 Å². The van der Waals surface area contributed by atoms with Gasteiger partial charge in [0.25, 0.3) is 0 Å². The van der Waals surface area contributed by atoms with Crippen LogP contribution in [0.15, 0.2) is 34.9 Å². The Morgan fingerprint density at radius 2 is 2.00 bits per heavy atom. The van der Waals surface area contributed by atoms with Crippen LogP contribution in [-0.4, -0.2) is 22.5 Å². The molecule has 1 atom stereocenters. The van der Waals surface area contributed by atoms with Crippen molar-refractivity contribution in [1.82, 2.24) is 10.1 Å². The number of hydrogen-bond acceptors (Lipinski definition) is 3. The van der Waals surface area contributed by atoms with Gasteiger partial charge < -0.3 is 9.42 Å². The van der Waals surface area contributed by atoms with Crippen LogP contribution in [0, 0.1) is 13.8 Å². The van der Waals surface area contributed by atoms with Crippen LogP contribution in [0.25, 0.3) is 0 Å². The van der Waals surface area contributed by atoms with Crippen LogP contribution >= 0.6 is 0 Å². The Morgan fingerprint density at radius 3 is 2.64 bits per heavy atom. The van der Waals surface area contributed by atoms with Crippen molar-refractivity contribution >= 4 is 5.91 Å². The maximum Gasteiger partial charge on any atom is 0.222 e. The number of likely N-dealkylation sites (tertiary alicyclic amines) is 1. The molecule has 1 aliphatic rings. The van der Waals surface area contributed by atoms with Gasteiger partial charge in [0.2, 0.25) is 5.91 Å². The van der Waals surface area contributed by atoms with Crippen LogP contribution in [0.1, 0.15) is 42.3 Å². The molecule has 22 heavy (non-hydrogen) atoms. The van der Waals surface area contributed by atoms with E-state index in [-0.39, 0.29) is 11.3 Å². The molecule has 2 aromatic rings. The first-order chi connectivity index (χ1) is 10.5. The van der Waals surface area contributed by atoms with E-state index in [9.17, 15) is 4.79 Å². The molecule has 1 amide bonds. The summed E-state index contributed by atoms with van der Waals surface area (Å²) in [6, 6.07) is 10.5. The summed E-state index contributed by atoms with van der Waals surface area (Å²) in [7, 11) is 0. The highest BCUT2D eigenvalue weighted by atomic mass is 16.5. The number of carbonyl (C=O) groups is 1. The average Bonchev–Trinajstić information content (AvgIpc) is 2.84. The summed E-state index contributed by atoms with van der Waals surface area (Å²) in [6.07, 6.45) is 1.49. The van der Waals surface area contributed by atoms with Gasteiger partial charge in [-0.15, -0.1) is 0 Å². The molecule has 0 unspecified atom stereocenters. The number of hydrogen-bond donors (Lipinski definition) is 0. The van der Waals surface area contributed by atoms with Gasteiger partial charge in [-0.1, -0.05) is 42.4 Å². The van der Waals surface area contributed by atoms with Crippen molar-refractivity contribution in [2.45, 2.75) is 45.6 Å². The molecule has 116 valence electrons. The molecule has 2 heterocycles. The van der Waals surface area contributed by atoms with Crippen molar-refractivity contribution < 1.29 is 9.32 Å². The van der Waals surface area contributed by atoms with Gasteiger partial charge in [-0.05, 0) is 25.8 Å². The number of amides is 1. The minimum Gasteiger partial charge on any atom is -0.361 e. The number of benzene rings is 1. The standard InChI is InChI=1S/C18H22N2O2/c1-13-16(14(2)22-19-13)11-20-12-18(3,10-9-17(20)21)15-7-5-4-6-8-15/h4-8H,9-12H2,1-3H3/t18-/m0/s1. The summed E-state index contributed by atoms with van der Waals surface area (Å²) in [5, 5.41) is 3.99.